The predicted molar refractivity (Wildman–Crippen MR) is 89.3 cm³/mol. The molecule has 0 aliphatic heterocycles. The monoisotopic (exact) mass is 413 g/mol. The maximum absolute atomic E-state index is 12.3. The van der Waals surface area contributed by atoms with Crippen molar-refractivity contribution in [3.8, 4) is 11.5 Å². The molecule has 0 fully saturated rings. The molecule has 0 heterocycles. The van der Waals surface area contributed by atoms with Crippen molar-refractivity contribution in [1.82, 2.24) is 0 Å². The van der Waals surface area contributed by atoms with Crippen LogP contribution in [0.1, 0.15) is 10.4 Å². The molecule has 0 aliphatic rings. The molecule has 0 unspecified atom stereocenters. The van der Waals surface area contributed by atoms with Crippen molar-refractivity contribution in [3.63, 3.8) is 0 Å². The molecule has 0 atom stereocenters. The number of nitrogens with one attached hydrogen (secondary N) is 1. The van der Waals surface area contributed by atoms with Gasteiger partial charge in [0.25, 0.3) is 5.91 Å². The molecular weight excluding hydrogens is 402 g/mol. The maximum atomic E-state index is 12.3. The molecule has 0 radical (unpaired) electrons. The van der Waals surface area contributed by atoms with Gasteiger partial charge in [-0.25, -0.2) is 0 Å². The van der Waals surface area contributed by atoms with Crippen molar-refractivity contribution in [2.75, 3.05) is 19.5 Å². The number of carbonyl (C=O) groups excluding carboxylic acids is 1. The van der Waals surface area contributed by atoms with Gasteiger partial charge in [-0.05, 0) is 46.3 Å². The number of rotatable bonds is 4. The first-order valence-corrected chi connectivity index (χ1v) is 7.62. The Morgan fingerprint density at radius 1 is 1.05 bits per heavy atom. The normalized spacial score (nSPS) is 10.1. The summed E-state index contributed by atoms with van der Waals surface area (Å²) in [6, 6.07) is 10.7. The van der Waals surface area contributed by atoms with E-state index in [1.54, 1.807) is 12.1 Å². The second kappa shape index (κ2) is 6.95. The molecule has 2 aromatic rings. The van der Waals surface area contributed by atoms with Gasteiger partial charge < -0.3 is 14.8 Å². The average molecular weight is 415 g/mol. The number of benzene rings is 2. The molecule has 2 aromatic carbocycles. The summed E-state index contributed by atoms with van der Waals surface area (Å²) in [4.78, 5) is 12.3. The van der Waals surface area contributed by atoms with E-state index in [0.717, 1.165) is 4.47 Å². The SMILES string of the molecule is COc1cc(C(=O)Nc2cccc(Br)c2)cc(OC)c1Br. The molecule has 1 N–H and O–H groups in total. The van der Waals surface area contributed by atoms with Gasteiger partial charge >= 0.3 is 0 Å². The number of hydrogen-bond donors (Lipinski definition) is 1. The summed E-state index contributed by atoms with van der Waals surface area (Å²) in [5.41, 5.74) is 1.15. The quantitative estimate of drug-likeness (QED) is 0.802. The molecule has 21 heavy (non-hydrogen) atoms. The number of amides is 1. The number of hydrogen-bond acceptors (Lipinski definition) is 3. The van der Waals surface area contributed by atoms with Crippen LogP contribution in [0.25, 0.3) is 0 Å². The topological polar surface area (TPSA) is 47.6 Å². The van der Waals surface area contributed by atoms with Crippen molar-refractivity contribution in [1.29, 1.82) is 0 Å². The van der Waals surface area contributed by atoms with Gasteiger partial charge in [-0.1, -0.05) is 22.0 Å². The molecule has 0 aliphatic carbocycles. The van der Waals surface area contributed by atoms with E-state index in [2.05, 4.69) is 37.2 Å². The Bertz CT molecular complexity index is 649. The van der Waals surface area contributed by atoms with Crippen LogP contribution in [0.3, 0.4) is 0 Å². The number of anilines is 1. The predicted octanol–water partition coefficient (Wildman–Crippen LogP) is 4.48. The summed E-state index contributed by atoms with van der Waals surface area (Å²) < 4.78 is 12.0. The Kier molecular flexibility index (Phi) is 5.25. The van der Waals surface area contributed by atoms with Crippen molar-refractivity contribution in [2.45, 2.75) is 0 Å². The lowest BCUT2D eigenvalue weighted by Crippen LogP contribution is -2.12. The van der Waals surface area contributed by atoms with Crippen molar-refractivity contribution in [2.24, 2.45) is 0 Å². The van der Waals surface area contributed by atoms with E-state index in [4.69, 9.17) is 9.47 Å². The van der Waals surface area contributed by atoms with Crippen LogP contribution in [0, 0.1) is 0 Å². The van der Waals surface area contributed by atoms with E-state index < -0.39 is 0 Å². The Hall–Kier alpha value is -1.53. The standard InChI is InChI=1S/C15H13Br2NO3/c1-20-12-6-9(7-13(21-2)14(12)17)15(19)18-11-5-3-4-10(16)8-11/h3-8H,1-2H3,(H,18,19). The first-order chi connectivity index (χ1) is 10.0. The molecule has 0 bridgehead atoms. The van der Waals surface area contributed by atoms with E-state index in [1.165, 1.54) is 14.2 Å². The summed E-state index contributed by atoms with van der Waals surface area (Å²) >= 11 is 6.74. The van der Waals surface area contributed by atoms with E-state index in [1.807, 2.05) is 24.3 Å². The zero-order valence-electron chi connectivity index (χ0n) is 11.4. The number of ether oxygens (including phenoxy) is 2. The van der Waals surface area contributed by atoms with Crippen LogP contribution in [-0.4, -0.2) is 20.1 Å². The van der Waals surface area contributed by atoms with Gasteiger partial charge in [-0.2, -0.15) is 0 Å². The Labute approximate surface area is 139 Å². The molecule has 4 nitrogen and oxygen atoms in total. The van der Waals surface area contributed by atoms with E-state index in [0.29, 0.717) is 27.2 Å². The van der Waals surface area contributed by atoms with E-state index >= 15 is 0 Å². The van der Waals surface area contributed by atoms with Crippen LogP contribution in [-0.2, 0) is 0 Å². The Morgan fingerprint density at radius 2 is 1.67 bits per heavy atom. The highest BCUT2D eigenvalue weighted by Gasteiger charge is 2.14. The lowest BCUT2D eigenvalue weighted by atomic mass is 10.1. The smallest absolute Gasteiger partial charge is 0.255 e. The molecule has 2 rings (SSSR count). The summed E-state index contributed by atoms with van der Waals surface area (Å²) in [6.45, 7) is 0. The minimum absolute atomic E-state index is 0.239. The molecule has 1 amide bonds. The first-order valence-electron chi connectivity index (χ1n) is 6.03. The highest BCUT2D eigenvalue weighted by molar-refractivity contribution is 9.11. The lowest BCUT2D eigenvalue weighted by Gasteiger charge is -2.12. The summed E-state index contributed by atoms with van der Waals surface area (Å²) in [6.07, 6.45) is 0. The summed E-state index contributed by atoms with van der Waals surface area (Å²) in [5, 5.41) is 2.83. The zero-order chi connectivity index (χ0) is 15.4. The van der Waals surface area contributed by atoms with Gasteiger partial charge in [0.15, 0.2) is 0 Å². The summed E-state index contributed by atoms with van der Waals surface area (Å²) in [7, 11) is 3.07. The highest BCUT2D eigenvalue weighted by Crippen LogP contribution is 2.35. The fourth-order valence-corrected chi connectivity index (χ4v) is 2.72. The minimum Gasteiger partial charge on any atom is -0.495 e. The second-order valence-corrected chi connectivity index (χ2v) is 5.87. The fourth-order valence-electron chi connectivity index (χ4n) is 1.77. The second-order valence-electron chi connectivity index (χ2n) is 4.16. The van der Waals surface area contributed by atoms with Gasteiger partial charge in [0, 0.05) is 15.7 Å². The van der Waals surface area contributed by atoms with Crippen LogP contribution in [0.2, 0.25) is 0 Å². The Balaban J connectivity index is 2.31. The molecule has 6 heteroatoms. The van der Waals surface area contributed by atoms with Gasteiger partial charge in [0.05, 0.1) is 14.2 Å². The Morgan fingerprint density at radius 3 is 2.19 bits per heavy atom. The van der Waals surface area contributed by atoms with Crippen LogP contribution in [0.5, 0.6) is 11.5 Å². The van der Waals surface area contributed by atoms with Gasteiger partial charge in [0.2, 0.25) is 0 Å². The van der Waals surface area contributed by atoms with Crippen LogP contribution in [0.4, 0.5) is 5.69 Å². The largest absolute Gasteiger partial charge is 0.495 e. The van der Waals surface area contributed by atoms with Gasteiger partial charge in [0.1, 0.15) is 16.0 Å². The van der Waals surface area contributed by atoms with E-state index in [9.17, 15) is 4.79 Å². The third-order valence-corrected chi connectivity index (χ3v) is 4.07. The molecule has 0 saturated heterocycles. The molecule has 110 valence electrons. The highest BCUT2D eigenvalue weighted by atomic mass is 79.9. The lowest BCUT2D eigenvalue weighted by molar-refractivity contribution is 0.102. The number of carbonyl (C=O) groups is 1. The zero-order valence-corrected chi connectivity index (χ0v) is 14.6. The molecule has 0 spiro atoms. The fraction of sp³-hybridized carbons (Fsp3) is 0.133. The third kappa shape index (κ3) is 3.77. The first kappa shape index (κ1) is 15.9. The maximum Gasteiger partial charge on any atom is 0.255 e. The minimum atomic E-state index is -0.239. The van der Waals surface area contributed by atoms with Crippen molar-refractivity contribution < 1.29 is 14.3 Å². The van der Waals surface area contributed by atoms with Gasteiger partial charge in [-0.3, -0.25) is 4.79 Å². The molecule has 0 saturated carbocycles. The molecular formula is C15H13Br2NO3. The average Bonchev–Trinajstić information content (AvgIpc) is 2.47. The number of methoxy groups -OCH3 is 2. The van der Waals surface area contributed by atoms with Crippen molar-refractivity contribution >= 4 is 43.5 Å². The van der Waals surface area contributed by atoms with Crippen LogP contribution in [0.15, 0.2) is 45.3 Å². The molecule has 0 aromatic heterocycles. The number of halogens is 2. The van der Waals surface area contributed by atoms with Crippen molar-refractivity contribution in [3.05, 3.63) is 50.9 Å². The van der Waals surface area contributed by atoms with Crippen LogP contribution < -0.4 is 14.8 Å². The summed E-state index contributed by atoms with van der Waals surface area (Å²) in [5.74, 6) is 0.833. The van der Waals surface area contributed by atoms with Crippen LogP contribution >= 0.6 is 31.9 Å². The third-order valence-electron chi connectivity index (χ3n) is 2.79. The van der Waals surface area contributed by atoms with Gasteiger partial charge in [-0.15, -0.1) is 0 Å². The van der Waals surface area contributed by atoms with E-state index in [-0.39, 0.29) is 5.91 Å².